The van der Waals surface area contributed by atoms with Gasteiger partial charge in [-0.1, -0.05) is 29.8 Å². The summed E-state index contributed by atoms with van der Waals surface area (Å²) in [6, 6.07) is 15.4. The van der Waals surface area contributed by atoms with E-state index in [0.717, 1.165) is 28.8 Å². The van der Waals surface area contributed by atoms with Gasteiger partial charge >= 0.3 is 0 Å². The fourth-order valence-electron chi connectivity index (χ4n) is 3.35. The number of aryl methyl sites for hydroxylation is 2. The highest BCUT2D eigenvalue weighted by atomic mass is 16.2. The fraction of sp³-hybridized carbons (Fsp3) is 0.375. The third-order valence-corrected chi connectivity index (χ3v) is 4.73. The molecule has 3 aromatic rings. The zero-order chi connectivity index (χ0) is 21.7. The Bertz CT molecular complexity index is 1030. The summed E-state index contributed by atoms with van der Waals surface area (Å²) in [5, 5.41) is 5.97. The Balaban J connectivity index is 1.64. The van der Waals surface area contributed by atoms with Crippen molar-refractivity contribution in [2.24, 2.45) is 0 Å². The van der Waals surface area contributed by atoms with Gasteiger partial charge in [-0.15, -0.1) is 0 Å². The second kappa shape index (κ2) is 9.11. The van der Waals surface area contributed by atoms with Gasteiger partial charge in [0.1, 0.15) is 12.4 Å². The van der Waals surface area contributed by atoms with Crippen LogP contribution in [0, 0.1) is 6.92 Å². The largest absolute Gasteiger partial charge is 0.352 e. The van der Waals surface area contributed by atoms with Gasteiger partial charge in [0.2, 0.25) is 5.91 Å². The van der Waals surface area contributed by atoms with Gasteiger partial charge in [-0.2, -0.15) is 0 Å². The molecule has 0 bridgehead atoms. The molecule has 0 fully saturated rings. The monoisotopic (exact) mass is 406 g/mol. The number of carbonyl (C=O) groups is 2. The van der Waals surface area contributed by atoms with Crippen LogP contribution in [0.3, 0.4) is 0 Å². The van der Waals surface area contributed by atoms with Gasteiger partial charge in [-0.3, -0.25) is 9.59 Å². The Labute approximate surface area is 177 Å². The number of nitrogens with zero attached hydrogens (tertiary/aromatic N) is 2. The lowest BCUT2D eigenvalue weighted by atomic mass is 10.1. The molecule has 0 spiro atoms. The summed E-state index contributed by atoms with van der Waals surface area (Å²) in [5.41, 5.74) is 3.32. The van der Waals surface area contributed by atoms with Gasteiger partial charge in [0.25, 0.3) is 5.91 Å². The Morgan fingerprint density at radius 3 is 2.43 bits per heavy atom. The SMILES string of the molecule is Cc1ccc(C(=O)NCCCc2nc3ccccc3n2CC(=O)NC(C)(C)C)cc1. The summed E-state index contributed by atoms with van der Waals surface area (Å²) < 4.78 is 1.97. The maximum absolute atomic E-state index is 12.5. The molecular weight excluding hydrogens is 376 g/mol. The van der Waals surface area contributed by atoms with Crippen molar-refractivity contribution in [3.63, 3.8) is 0 Å². The van der Waals surface area contributed by atoms with Crippen LogP contribution in [0.4, 0.5) is 0 Å². The third kappa shape index (κ3) is 5.69. The minimum Gasteiger partial charge on any atom is -0.352 e. The van der Waals surface area contributed by atoms with Crippen LogP contribution in [-0.2, 0) is 17.8 Å². The molecule has 3 rings (SSSR count). The molecule has 6 heteroatoms. The third-order valence-electron chi connectivity index (χ3n) is 4.73. The summed E-state index contributed by atoms with van der Waals surface area (Å²) in [5.74, 6) is 0.734. The number of hydrogen-bond donors (Lipinski definition) is 2. The minimum absolute atomic E-state index is 0.0421. The lowest BCUT2D eigenvalue weighted by Crippen LogP contribution is -2.42. The van der Waals surface area contributed by atoms with Crippen molar-refractivity contribution in [2.45, 2.75) is 52.6 Å². The van der Waals surface area contributed by atoms with Gasteiger partial charge in [0.15, 0.2) is 0 Å². The van der Waals surface area contributed by atoms with E-state index in [0.29, 0.717) is 18.5 Å². The predicted octanol–water partition coefficient (Wildman–Crippen LogP) is 3.62. The van der Waals surface area contributed by atoms with E-state index in [9.17, 15) is 9.59 Å². The molecule has 0 aliphatic heterocycles. The van der Waals surface area contributed by atoms with E-state index < -0.39 is 0 Å². The molecule has 0 aliphatic rings. The van der Waals surface area contributed by atoms with E-state index in [1.54, 1.807) is 0 Å². The number of imidazole rings is 1. The molecule has 0 radical (unpaired) electrons. The van der Waals surface area contributed by atoms with Crippen molar-refractivity contribution in [1.29, 1.82) is 0 Å². The molecule has 158 valence electrons. The van der Waals surface area contributed by atoms with Crippen LogP contribution < -0.4 is 10.6 Å². The van der Waals surface area contributed by atoms with Gasteiger partial charge < -0.3 is 15.2 Å². The Morgan fingerprint density at radius 1 is 1.03 bits per heavy atom. The Hall–Kier alpha value is -3.15. The second-order valence-electron chi connectivity index (χ2n) is 8.63. The van der Waals surface area contributed by atoms with Gasteiger partial charge in [-0.25, -0.2) is 4.98 Å². The molecule has 1 aromatic heterocycles. The van der Waals surface area contributed by atoms with Crippen molar-refractivity contribution in [3.8, 4) is 0 Å². The first kappa shape index (κ1) is 21.6. The summed E-state index contributed by atoms with van der Waals surface area (Å²) in [6.45, 7) is 8.67. The molecule has 0 saturated heterocycles. The molecular formula is C24H30N4O2. The maximum atomic E-state index is 12.5. The smallest absolute Gasteiger partial charge is 0.251 e. The number of rotatable bonds is 7. The zero-order valence-corrected chi connectivity index (χ0v) is 18.2. The highest BCUT2D eigenvalue weighted by Crippen LogP contribution is 2.17. The van der Waals surface area contributed by atoms with Crippen LogP contribution in [-0.4, -0.2) is 33.4 Å². The molecule has 0 unspecified atom stereocenters. The lowest BCUT2D eigenvalue weighted by molar-refractivity contribution is -0.123. The Morgan fingerprint density at radius 2 is 1.73 bits per heavy atom. The van der Waals surface area contributed by atoms with E-state index >= 15 is 0 Å². The standard InChI is InChI=1S/C24H30N4O2/c1-17-11-13-18(14-12-17)23(30)25-15-7-10-21-26-19-8-5-6-9-20(19)28(21)16-22(29)27-24(2,3)4/h5-6,8-9,11-14H,7,10,15-16H2,1-4H3,(H,25,30)(H,27,29). The minimum atomic E-state index is -0.284. The topological polar surface area (TPSA) is 76.0 Å². The van der Waals surface area contributed by atoms with Crippen LogP contribution in [0.1, 0.15) is 48.9 Å². The Kier molecular flexibility index (Phi) is 6.55. The molecule has 0 aliphatic carbocycles. The highest BCUT2D eigenvalue weighted by Gasteiger charge is 2.17. The van der Waals surface area contributed by atoms with E-state index in [1.807, 2.05) is 80.8 Å². The predicted molar refractivity (Wildman–Crippen MR) is 119 cm³/mol. The highest BCUT2D eigenvalue weighted by molar-refractivity contribution is 5.94. The average Bonchev–Trinajstić information content (AvgIpc) is 3.01. The van der Waals surface area contributed by atoms with Crippen molar-refractivity contribution >= 4 is 22.8 Å². The summed E-state index contributed by atoms with van der Waals surface area (Å²) >= 11 is 0. The van der Waals surface area contributed by atoms with Crippen molar-refractivity contribution in [3.05, 3.63) is 65.5 Å². The first-order valence-electron chi connectivity index (χ1n) is 10.3. The van der Waals surface area contributed by atoms with Crippen molar-refractivity contribution in [2.75, 3.05) is 6.54 Å². The lowest BCUT2D eigenvalue weighted by Gasteiger charge is -2.21. The summed E-state index contributed by atoms with van der Waals surface area (Å²) in [6.07, 6.45) is 1.41. The van der Waals surface area contributed by atoms with Crippen LogP contribution in [0.25, 0.3) is 11.0 Å². The normalized spacial score (nSPS) is 11.5. The number of nitrogens with one attached hydrogen (secondary N) is 2. The van der Waals surface area contributed by atoms with Crippen molar-refractivity contribution in [1.82, 2.24) is 20.2 Å². The van der Waals surface area contributed by atoms with E-state index in [4.69, 9.17) is 4.98 Å². The molecule has 2 N–H and O–H groups in total. The number of fused-ring (bicyclic) bond motifs is 1. The number of para-hydroxylation sites is 2. The molecule has 0 saturated carbocycles. The first-order valence-corrected chi connectivity index (χ1v) is 10.3. The summed E-state index contributed by atoms with van der Waals surface area (Å²) in [7, 11) is 0. The molecule has 1 heterocycles. The number of benzene rings is 2. The maximum Gasteiger partial charge on any atom is 0.251 e. The molecule has 2 aromatic carbocycles. The van der Waals surface area contributed by atoms with Gasteiger partial charge in [-0.05, 0) is 58.4 Å². The van der Waals surface area contributed by atoms with Crippen LogP contribution in [0.2, 0.25) is 0 Å². The number of hydrogen-bond acceptors (Lipinski definition) is 3. The molecule has 30 heavy (non-hydrogen) atoms. The van der Waals surface area contributed by atoms with E-state index in [2.05, 4.69) is 10.6 Å². The van der Waals surface area contributed by atoms with Gasteiger partial charge in [0, 0.05) is 24.1 Å². The van der Waals surface area contributed by atoms with E-state index in [1.165, 1.54) is 0 Å². The van der Waals surface area contributed by atoms with Gasteiger partial charge in [0.05, 0.1) is 11.0 Å². The van der Waals surface area contributed by atoms with Crippen LogP contribution >= 0.6 is 0 Å². The first-order chi connectivity index (χ1) is 14.2. The molecule has 2 amide bonds. The quantitative estimate of drug-likeness (QED) is 0.589. The van der Waals surface area contributed by atoms with Crippen LogP contribution in [0.5, 0.6) is 0 Å². The average molecular weight is 407 g/mol. The van der Waals surface area contributed by atoms with Crippen molar-refractivity contribution < 1.29 is 9.59 Å². The molecule has 6 nitrogen and oxygen atoms in total. The zero-order valence-electron chi connectivity index (χ0n) is 18.2. The fourth-order valence-corrected chi connectivity index (χ4v) is 3.35. The number of carbonyl (C=O) groups excluding carboxylic acids is 2. The molecule has 0 atom stereocenters. The second-order valence-corrected chi connectivity index (χ2v) is 8.63. The van der Waals surface area contributed by atoms with Crippen LogP contribution in [0.15, 0.2) is 48.5 Å². The van der Waals surface area contributed by atoms with E-state index in [-0.39, 0.29) is 23.9 Å². The summed E-state index contributed by atoms with van der Waals surface area (Å²) in [4.78, 5) is 29.5. The number of aromatic nitrogens is 2. The number of amides is 2.